The molecule has 0 saturated heterocycles. The Labute approximate surface area is 156 Å². The Bertz CT molecular complexity index is 1060. The van der Waals surface area contributed by atoms with Crippen LogP contribution in [-0.2, 0) is 6.54 Å². The van der Waals surface area contributed by atoms with E-state index in [0.29, 0.717) is 11.4 Å². The molecule has 0 fully saturated rings. The van der Waals surface area contributed by atoms with Crippen LogP contribution in [0.15, 0.2) is 62.8 Å². The molecule has 1 N–H and O–H groups in total. The van der Waals surface area contributed by atoms with Crippen LogP contribution in [-0.4, -0.2) is 15.9 Å². The van der Waals surface area contributed by atoms with Gasteiger partial charge < -0.3 is 5.11 Å². The number of halogens is 1. The second kappa shape index (κ2) is 6.46. The zero-order chi connectivity index (χ0) is 17.4. The van der Waals surface area contributed by atoms with E-state index in [4.69, 9.17) is 0 Å². The first-order valence-electron chi connectivity index (χ1n) is 7.64. The highest BCUT2D eigenvalue weighted by Crippen LogP contribution is 2.34. The van der Waals surface area contributed by atoms with E-state index in [9.17, 15) is 9.90 Å². The van der Waals surface area contributed by atoms with Gasteiger partial charge in [-0.2, -0.15) is 0 Å². The van der Waals surface area contributed by atoms with E-state index in [-0.39, 0.29) is 10.8 Å². The number of hydrogen-bond acceptors (Lipinski definition) is 4. The number of allylic oxidation sites excluding steroid dienone is 1. The molecule has 0 radical (unpaired) electrons. The highest BCUT2D eigenvalue weighted by Gasteiger charge is 2.16. The van der Waals surface area contributed by atoms with Gasteiger partial charge in [-0.15, -0.1) is 0 Å². The summed E-state index contributed by atoms with van der Waals surface area (Å²) in [5, 5.41) is 10.5. The third kappa shape index (κ3) is 3.10. The van der Waals surface area contributed by atoms with Crippen LogP contribution < -0.4 is 4.87 Å². The van der Waals surface area contributed by atoms with Crippen LogP contribution >= 0.6 is 27.3 Å². The van der Waals surface area contributed by atoms with Crippen molar-refractivity contribution >= 4 is 50.8 Å². The fourth-order valence-corrected chi connectivity index (χ4v) is 3.82. The molecule has 1 aromatic heterocycles. The minimum Gasteiger partial charge on any atom is -0.493 e. The lowest BCUT2D eigenvalue weighted by Crippen LogP contribution is -2.13. The molecule has 0 saturated carbocycles. The Morgan fingerprint density at radius 2 is 1.92 bits per heavy atom. The fraction of sp³-hybridized carbons (Fsp3) is 0.0526. The monoisotopic (exact) mass is 412 g/mol. The average molecular weight is 413 g/mol. The number of thiazole rings is 1. The SMILES string of the molecule is O=c1sc(/C=C2/C=Nc3ccccc32)c(O)n1Cc1ccc(Br)cc1. The number of aliphatic imine (C=N–C) groups is 1. The first kappa shape index (κ1) is 16.1. The van der Waals surface area contributed by atoms with Crippen LogP contribution in [0.1, 0.15) is 16.0 Å². The van der Waals surface area contributed by atoms with E-state index in [0.717, 1.165) is 38.2 Å². The average Bonchev–Trinajstić information content (AvgIpc) is 3.14. The zero-order valence-corrected chi connectivity index (χ0v) is 15.4. The van der Waals surface area contributed by atoms with Crippen molar-refractivity contribution in [2.75, 3.05) is 0 Å². The Balaban J connectivity index is 1.69. The van der Waals surface area contributed by atoms with Gasteiger partial charge in [-0.3, -0.25) is 14.4 Å². The van der Waals surface area contributed by atoms with Gasteiger partial charge in [0.2, 0.25) is 5.88 Å². The van der Waals surface area contributed by atoms with Gasteiger partial charge in [0, 0.05) is 21.8 Å². The maximum absolute atomic E-state index is 12.3. The van der Waals surface area contributed by atoms with Crippen LogP contribution in [0.5, 0.6) is 5.88 Å². The van der Waals surface area contributed by atoms with Crippen LogP contribution in [0.2, 0.25) is 0 Å². The fourth-order valence-electron chi connectivity index (χ4n) is 2.72. The van der Waals surface area contributed by atoms with Crippen molar-refractivity contribution in [2.45, 2.75) is 6.54 Å². The van der Waals surface area contributed by atoms with Crippen molar-refractivity contribution in [1.82, 2.24) is 4.57 Å². The molecule has 0 bridgehead atoms. The largest absolute Gasteiger partial charge is 0.493 e. The van der Waals surface area contributed by atoms with E-state index in [2.05, 4.69) is 20.9 Å². The van der Waals surface area contributed by atoms with Crippen molar-refractivity contribution in [1.29, 1.82) is 0 Å². The Morgan fingerprint density at radius 3 is 2.72 bits per heavy atom. The number of para-hydroxylation sites is 1. The summed E-state index contributed by atoms with van der Waals surface area (Å²) in [7, 11) is 0. The van der Waals surface area contributed by atoms with E-state index in [1.165, 1.54) is 4.57 Å². The molecule has 0 spiro atoms. The summed E-state index contributed by atoms with van der Waals surface area (Å²) in [4.78, 5) is 17.0. The molecule has 0 atom stereocenters. The molecule has 4 rings (SSSR count). The number of aromatic nitrogens is 1. The third-order valence-electron chi connectivity index (χ3n) is 3.99. The molecular weight excluding hydrogens is 400 g/mol. The summed E-state index contributed by atoms with van der Waals surface area (Å²) in [6.07, 6.45) is 3.57. The molecule has 1 aliphatic heterocycles. The lowest BCUT2D eigenvalue weighted by Gasteiger charge is -2.04. The normalized spacial score (nSPS) is 14.2. The molecule has 4 nitrogen and oxygen atoms in total. The van der Waals surface area contributed by atoms with Gasteiger partial charge in [0.15, 0.2) is 0 Å². The summed E-state index contributed by atoms with van der Waals surface area (Å²) >= 11 is 4.43. The first-order chi connectivity index (χ1) is 12.1. The summed E-state index contributed by atoms with van der Waals surface area (Å²) < 4.78 is 2.36. The second-order valence-corrected chi connectivity index (χ2v) is 7.55. The predicted molar refractivity (Wildman–Crippen MR) is 106 cm³/mol. The van der Waals surface area contributed by atoms with Gasteiger partial charge >= 0.3 is 4.87 Å². The van der Waals surface area contributed by atoms with E-state index < -0.39 is 0 Å². The summed E-state index contributed by atoms with van der Waals surface area (Å²) in [6, 6.07) is 15.5. The topological polar surface area (TPSA) is 54.6 Å². The van der Waals surface area contributed by atoms with Gasteiger partial charge in [-0.1, -0.05) is 57.6 Å². The molecule has 2 heterocycles. The lowest BCUT2D eigenvalue weighted by molar-refractivity contribution is 0.420. The van der Waals surface area contributed by atoms with Crippen LogP contribution in [0.3, 0.4) is 0 Å². The summed E-state index contributed by atoms with van der Waals surface area (Å²) in [5.74, 6) is -0.0109. The Kier molecular flexibility index (Phi) is 4.15. The smallest absolute Gasteiger partial charge is 0.310 e. The maximum Gasteiger partial charge on any atom is 0.310 e. The highest BCUT2D eigenvalue weighted by atomic mass is 79.9. The predicted octanol–water partition coefficient (Wildman–Crippen LogP) is 4.68. The number of hydrogen-bond donors (Lipinski definition) is 1. The van der Waals surface area contributed by atoms with Gasteiger partial charge in [0.05, 0.1) is 17.1 Å². The molecule has 0 unspecified atom stereocenters. The molecule has 2 aromatic carbocycles. The highest BCUT2D eigenvalue weighted by molar-refractivity contribution is 9.10. The van der Waals surface area contributed by atoms with Gasteiger partial charge in [-0.25, -0.2) is 0 Å². The lowest BCUT2D eigenvalue weighted by atomic mass is 10.1. The van der Waals surface area contributed by atoms with Crippen molar-refractivity contribution in [2.24, 2.45) is 4.99 Å². The van der Waals surface area contributed by atoms with Crippen LogP contribution in [0, 0.1) is 0 Å². The van der Waals surface area contributed by atoms with Crippen LogP contribution in [0.25, 0.3) is 11.6 Å². The molecular formula is C19H13BrN2O2S. The van der Waals surface area contributed by atoms with Crippen LogP contribution in [0.4, 0.5) is 5.69 Å². The van der Waals surface area contributed by atoms with E-state index in [1.807, 2.05) is 54.6 Å². The summed E-state index contributed by atoms with van der Waals surface area (Å²) in [5.41, 5.74) is 3.74. The van der Waals surface area contributed by atoms with Gasteiger partial charge in [0.1, 0.15) is 0 Å². The number of rotatable bonds is 3. The number of fused-ring (bicyclic) bond motifs is 1. The molecule has 1 aliphatic rings. The van der Waals surface area contributed by atoms with Gasteiger partial charge in [0.25, 0.3) is 0 Å². The molecule has 6 heteroatoms. The third-order valence-corrected chi connectivity index (χ3v) is 5.44. The molecule has 3 aromatic rings. The van der Waals surface area contributed by atoms with Crippen molar-refractivity contribution in [3.8, 4) is 5.88 Å². The number of benzene rings is 2. The van der Waals surface area contributed by atoms with Crippen molar-refractivity contribution < 1.29 is 5.11 Å². The number of nitrogens with zero attached hydrogens (tertiary/aromatic N) is 2. The summed E-state index contributed by atoms with van der Waals surface area (Å²) in [6.45, 7) is 0.336. The minimum absolute atomic E-state index is 0.0109. The second-order valence-electron chi connectivity index (χ2n) is 5.64. The number of aromatic hydroxyl groups is 1. The van der Waals surface area contributed by atoms with E-state index >= 15 is 0 Å². The maximum atomic E-state index is 12.3. The van der Waals surface area contributed by atoms with Crippen molar-refractivity contribution in [3.05, 3.63) is 78.7 Å². The minimum atomic E-state index is -0.185. The quantitative estimate of drug-likeness (QED) is 0.678. The molecule has 0 aliphatic carbocycles. The van der Waals surface area contributed by atoms with Gasteiger partial charge in [-0.05, 0) is 29.8 Å². The zero-order valence-electron chi connectivity index (χ0n) is 13.0. The first-order valence-corrected chi connectivity index (χ1v) is 9.25. The Morgan fingerprint density at radius 1 is 1.16 bits per heavy atom. The van der Waals surface area contributed by atoms with Crippen molar-refractivity contribution in [3.63, 3.8) is 0 Å². The molecule has 124 valence electrons. The Hall–Kier alpha value is -2.44. The van der Waals surface area contributed by atoms with E-state index in [1.54, 1.807) is 6.21 Å². The molecule has 0 amide bonds. The molecule has 25 heavy (non-hydrogen) atoms. The standard InChI is InChI=1S/C19H13BrN2O2S/c20-14-7-5-12(6-8-14)11-22-18(23)17(25-19(22)24)9-13-10-21-16-4-2-1-3-15(13)16/h1-10,23H,11H2/b13-9-.